The summed E-state index contributed by atoms with van der Waals surface area (Å²) in [5.41, 5.74) is 7.82. The monoisotopic (exact) mass is 346 g/mol. The Morgan fingerprint density at radius 1 is 1.27 bits per heavy atom. The van der Waals surface area contributed by atoms with Crippen LogP contribution in [-0.2, 0) is 16.0 Å². The molecular formula is C15H17Cl2FN2O2. The summed E-state index contributed by atoms with van der Waals surface area (Å²) in [6.07, 6.45) is 3.10. The first kappa shape index (κ1) is 20.3. The summed E-state index contributed by atoms with van der Waals surface area (Å²) in [5.74, 6) is -0.819. The zero-order valence-electron chi connectivity index (χ0n) is 11.9. The molecule has 0 bridgehead atoms. The van der Waals surface area contributed by atoms with E-state index in [1.54, 1.807) is 24.4 Å². The van der Waals surface area contributed by atoms with Crippen LogP contribution in [0.4, 0.5) is 4.39 Å². The fourth-order valence-electron chi connectivity index (χ4n) is 1.92. The number of rotatable bonds is 4. The van der Waals surface area contributed by atoms with E-state index >= 15 is 0 Å². The minimum absolute atomic E-state index is 0. The molecule has 22 heavy (non-hydrogen) atoms. The van der Waals surface area contributed by atoms with Crippen LogP contribution < -0.4 is 5.73 Å². The smallest absolute Gasteiger partial charge is 0.322 e. The number of benzene rings is 1. The van der Waals surface area contributed by atoms with Crippen molar-refractivity contribution in [2.24, 2.45) is 5.73 Å². The summed E-state index contributed by atoms with van der Waals surface area (Å²) in [4.78, 5) is 15.0. The first-order valence-corrected chi connectivity index (χ1v) is 6.14. The average molecular weight is 347 g/mol. The fourth-order valence-corrected chi connectivity index (χ4v) is 1.92. The van der Waals surface area contributed by atoms with Gasteiger partial charge in [0, 0.05) is 11.8 Å². The van der Waals surface area contributed by atoms with Crippen molar-refractivity contribution in [2.75, 3.05) is 7.11 Å². The Balaban J connectivity index is 0.00000220. The molecule has 1 aromatic carbocycles. The van der Waals surface area contributed by atoms with E-state index in [2.05, 4.69) is 9.72 Å². The maximum Gasteiger partial charge on any atom is 0.322 e. The molecule has 120 valence electrons. The normalized spacial score (nSPS) is 10.9. The molecule has 2 rings (SSSR count). The van der Waals surface area contributed by atoms with E-state index < -0.39 is 12.0 Å². The average Bonchev–Trinajstić information content (AvgIpc) is 2.48. The molecule has 1 heterocycles. The number of halogens is 3. The second-order valence-corrected chi connectivity index (χ2v) is 4.39. The predicted molar refractivity (Wildman–Crippen MR) is 87.8 cm³/mol. The number of nitrogens with zero attached hydrogens (tertiary/aromatic N) is 1. The van der Waals surface area contributed by atoms with E-state index in [-0.39, 0.29) is 30.6 Å². The van der Waals surface area contributed by atoms with Crippen molar-refractivity contribution in [2.45, 2.75) is 12.5 Å². The molecular weight excluding hydrogens is 330 g/mol. The zero-order chi connectivity index (χ0) is 14.5. The lowest BCUT2D eigenvalue weighted by Gasteiger charge is -2.10. The van der Waals surface area contributed by atoms with Crippen LogP contribution in [0.25, 0.3) is 11.1 Å². The van der Waals surface area contributed by atoms with Crippen LogP contribution in [0.2, 0.25) is 0 Å². The molecule has 2 aromatic rings. The fraction of sp³-hybridized carbons (Fsp3) is 0.200. The van der Waals surface area contributed by atoms with Gasteiger partial charge in [0.1, 0.15) is 11.9 Å². The first-order chi connectivity index (χ1) is 9.61. The highest BCUT2D eigenvalue weighted by Crippen LogP contribution is 2.22. The third-order valence-corrected chi connectivity index (χ3v) is 3.00. The lowest BCUT2D eigenvalue weighted by Crippen LogP contribution is -2.33. The van der Waals surface area contributed by atoms with E-state index in [9.17, 15) is 9.18 Å². The standard InChI is InChI=1S/C15H15FN2O2.2ClH/c1-20-15(19)14(17)8-10-2-4-11(5-3-10)12-6-7-18-9-13(12)16;;/h2-7,9,14H,8,17H2,1H3;2*1H/t14-;;/m0../s1. The number of pyridine rings is 1. The Bertz CT molecular complexity index is 609. The van der Waals surface area contributed by atoms with Crippen molar-refractivity contribution in [1.29, 1.82) is 0 Å². The van der Waals surface area contributed by atoms with Gasteiger partial charge < -0.3 is 10.5 Å². The lowest BCUT2D eigenvalue weighted by molar-refractivity contribution is -0.142. The number of hydrogen-bond acceptors (Lipinski definition) is 4. The predicted octanol–water partition coefficient (Wildman–Crippen LogP) is 2.77. The third kappa shape index (κ3) is 4.94. The molecule has 0 aliphatic rings. The summed E-state index contributed by atoms with van der Waals surface area (Å²) in [7, 11) is 1.30. The van der Waals surface area contributed by atoms with Crippen LogP contribution in [0.15, 0.2) is 42.7 Å². The van der Waals surface area contributed by atoms with Gasteiger partial charge in [0.05, 0.1) is 13.3 Å². The zero-order valence-corrected chi connectivity index (χ0v) is 13.5. The quantitative estimate of drug-likeness (QED) is 0.864. The number of hydrogen-bond donors (Lipinski definition) is 1. The molecule has 7 heteroatoms. The molecule has 0 fully saturated rings. The van der Waals surface area contributed by atoms with E-state index in [1.807, 2.05) is 12.1 Å². The summed E-state index contributed by atoms with van der Waals surface area (Å²) >= 11 is 0. The number of ether oxygens (including phenoxy) is 1. The molecule has 0 saturated heterocycles. The van der Waals surface area contributed by atoms with Gasteiger partial charge in [0.2, 0.25) is 0 Å². The Hall–Kier alpha value is -1.69. The van der Waals surface area contributed by atoms with Gasteiger partial charge >= 0.3 is 5.97 Å². The second-order valence-electron chi connectivity index (χ2n) is 4.39. The van der Waals surface area contributed by atoms with Crippen LogP contribution in [0.5, 0.6) is 0 Å². The molecule has 0 spiro atoms. The Labute approximate surface area is 140 Å². The van der Waals surface area contributed by atoms with Crippen molar-refractivity contribution >= 4 is 30.8 Å². The molecule has 0 saturated carbocycles. The summed E-state index contributed by atoms with van der Waals surface area (Å²) in [6, 6.07) is 8.14. The summed E-state index contributed by atoms with van der Waals surface area (Å²) in [6.45, 7) is 0. The Morgan fingerprint density at radius 2 is 1.91 bits per heavy atom. The van der Waals surface area contributed by atoms with Gasteiger partial charge in [-0.25, -0.2) is 4.39 Å². The van der Waals surface area contributed by atoms with Crippen LogP contribution >= 0.6 is 24.8 Å². The van der Waals surface area contributed by atoms with E-state index in [1.165, 1.54) is 13.3 Å². The highest BCUT2D eigenvalue weighted by molar-refractivity contribution is 5.85. The molecule has 2 N–H and O–H groups in total. The van der Waals surface area contributed by atoms with Crippen molar-refractivity contribution in [3.05, 3.63) is 54.1 Å². The SMILES string of the molecule is COC(=O)[C@@H](N)Cc1ccc(-c2ccncc2F)cc1.Cl.Cl. The molecule has 0 amide bonds. The maximum absolute atomic E-state index is 13.6. The van der Waals surface area contributed by atoms with Crippen molar-refractivity contribution in [3.8, 4) is 11.1 Å². The van der Waals surface area contributed by atoms with Crippen LogP contribution in [0.3, 0.4) is 0 Å². The van der Waals surface area contributed by atoms with Gasteiger partial charge in [-0.2, -0.15) is 0 Å². The van der Waals surface area contributed by atoms with Gasteiger partial charge in [0.25, 0.3) is 0 Å². The second kappa shape index (κ2) is 9.35. The minimum Gasteiger partial charge on any atom is -0.468 e. The molecule has 4 nitrogen and oxygen atoms in total. The molecule has 1 aromatic heterocycles. The van der Waals surface area contributed by atoms with Gasteiger partial charge in [-0.3, -0.25) is 9.78 Å². The Kier molecular flexibility index (Phi) is 8.63. The maximum atomic E-state index is 13.6. The van der Waals surface area contributed by atoms with E-state index in [0.717, 1.165) is 11.1 Å². The van der Waals surface area contributed by atoms with Crippen LogP contribution in [0, 0.1) is 5.82 Å². The van der Waals surface area contributed by atoms with Gasteiger partial charge in [-0.1, -0.05) is 24.3 Å². The van der Waals surface area contributed by atoms with Crippen LogP contribution in [0.1, 0.15) is 5.56 Å². The van der Waals surface area contributed by atoms with Crippen molar-refractivity contribution in [1.82, 2.24) is 4.98 Å². The van der Waals surface area contributed by atoms with Gasteiger partial charge in [-0.15, -0.1) is 24.8 Å². The largest absolute Gasteiger partial charge is 0.468 e. The summed E-state index contributed by atoms with van der Waals surface area (Å²) < 4.78 is 18.2. The van der Waals surface area contributed by atoms with E-state index in [4.69, 9.17) is 5.73 Å². The Morgan fingerprint density at radius 3 is 2.45 bits per heavy atom. The molecule has 0 radical (unpaired) electrons. The van der Waals surface area contributed by atoms with Gasteiger partial charge in [-0.05, 0) is 23.6 Å². The molecule has 0 unspecified atom stereocenters. The number of carbonyl (C=O) groups is 1. The highest BCUT2D eigenvalue weighted by Gasteiger charge is 2.14. The van der Waals surface area contributed by atoms with Crippen molar-refractivity contribution < 1.29 is 13.9 Å². The number of nitrogens with two attached hydrogens (primary N) is 1. The highest BCUT2D eigenvalue weighted by atomic mass is 35.5. The minimum atomic E-state index is -0.691. The number of methoxy groups -OCH3 is 1. The third-order valence-electron chi connectivity index (χ3n) is 3.00. The van der Waals surface area contributed by atoms with E-state index in [0.29, 0.717) is 12.0 Å². The first-order valence-electron chi connectivity index (χ1n) is 6.14. The van der Waals surface area contributed by atoms with Gasteiger partial charge in [0.15, 0.2) is 0 Å². The van der Waals surface area contributed by atoms with Crippen LogP contribution in [-0.4, -0.2) is 24.1 Å². The molecule has 1 atom stereocenters. The van der Waals surface area contributed by atoms with Crippen molar-refractivity contribution in [3.63, 3.8) is 0 Å². The topological polar surface area (TPSA) is 65.2 Å². The number of carbonyl (C=O) groups excluding carboxylic acids is 1. The summed E-state index contributed by atoms with van der Waals surface area (Å²) in [5, 5.41) is 0. The molecule has 0 aliphatic heterocycles. The number of aromatic nitrogens is 1. The number of esters is 1. The molecule has 0 aliphatic carbocycles. The lowest BCUT2D eigenvalue weighted by atomic mass is 10.0.